The Morgan fingerprint density at radius 3 is 2.35 bits per heavy atom. The van der Waals surface area contributed by atoms with Crippen molar-refractivity contribution in [1.29, 1.82) is 0 Å². The first kappa shape index (κ1) is 15.5. The number of rotatable bonds is 4. The number of benzene rings is 1. The van der Waals surface area contributed by atoms with Crippen molar-refractivity contribution < 1.29 is 4.79 Å². The van der Waals surface area contributed by atoms with E-state index in [9.17, 15) is 4.79 Å². The zero-order chi connectivity index (χ0) is 16.0. The normalized spacial score (nSPS) is 34.6. The van der Waals surface area contributed by atoms with Crippen LogP contribution in [-0.2, 0) is 11.2 Å². The van der Waals surface area contributed by atoms with Gasteiger partial charge in [-0.1, -0.05) is 23.7 Å². The largest absolute Gasteiger partial charge is 0.351 e. The van der Waals surface area contributed by atoms with Crippen molar-refractivity contribution in [3.05, 3.63) is 34.3 Å². The van der Waals surface area contributed by atoms with Crippen LogP contribution in [0.25, 0.3) is 0 Å². The van der Waals surface area contributed by atoms with Crippen LogP contribution < -0.4 is 5.32 Å². The molecule has 5 rings (SSSR count). The minimum absolute atomic E-state index is 0.136. The van der Waals surface area contributed by atoms with E-state index in [4.69, 9.17) is 11.6 Å². The molecule has 4 aliphatic carbocycles. The van der Waals surface area contributed by atoms with Crippen molar-refractivity contribution in [3.63, 3.8) is 0 Å². The van der Waals surface area contributed by atoms with Crippen LogP contribution in [0.3, 0.4) is 0 Å². The van der Waals surface area contributed by atoms with Gasteiger partial charge in [0.05, 0.1) is 0 Å². The molecule has 124 valence electrons. The Hall–Kier alpha value is -1.02. The highest BCUT2D eigenvalue weighted by molar-refractivity contribution is 6.31. The molecule has 4 aliphatic rings. The van der Waals surface area contributed by atoms with E-state index >= 15 is 0 Å². The van der Waals surface area contributed by atoms with Crippen LogP contribution in [0.1, 0.15) is 56.1 Å². The second kappa shape index (κ2) is 5.81. The predicted octanol–water partition coefficient (Wildman–Crippen LogP) is 4.67. The Bertz CT molecular complexity index is 589. The van der Waals surface area contributed by atoms with Crippen LogP contribution >= 0.6 is 11.6 Å². The molecule has 0 aromatic heterocycles. The Kier molecular flexibility index (Phi) is 3.91. The van der Waals surface area contributed by atoms with Crippen LogP contribution in [0.15, 0.2) is 18.2 Å². The van der Waals surface area contributed by atoms with Gasteiger partial charge in [-0.2, -0.15) is 0 Å². The zero-order valence-electron chi connectivity index (χ0n) is 13.9. The maximum Gasteiger partial charge on any atom is 0.220 e. The summed E-state index contributed by atoms with van der Waals surface area (Å²) < 4.78 is 0. The standard InChI is InChI=1S/C20H26ClNO/c1-13-2-3-14(9-18(13)21)4-5-19(23)22-20-10-15-6-16(11-20)8-17(7-15)12-20/h2-3,9,15-17H,4-8,10-12H2,1H3,(H,22,23). The molecule has 0 unspecified atom stereocenters. The molecule has 0 radical (unpaired) electrons. The van der Waals surface area contributed by atoms with E-state index in [1.807, 2.05) is 19.1 Å². The number of hydrogen-bond acceptors (Lipinski definition) is 1. The lowest BCUT2D eigenvalue weighted by molar-refractivity contribution is -0.126. The number of carbonyl (C=O) groups excluding carboxylic acids is 1. The molecule has 2 nitrogen and oxygen atoms in total. The molecule has 0 heterocycles. The first-order valence-corrected chi connectivity index (χ1v) is 9.45. The fourth-order valence-electron chi connectivity index (χ4n) is 5.67. The van der Waals surface area contributed by atoms with E-state index in [2.05, 4.69) is 11.4 Å². The van der Waals surface area contributed by atoms with Gasteiger partial charge < -0.3 is 5.32 Å². The highest BCUT2D eigenvalue weighted by atomic mass is 35.5. The van der Waals surface area contributed by atoms with Gasteiger partial charge in [0, 0.05) is 17.0 Å². The van der Waals surface area contributed by atoms with E-state index in [-0.39, 0.29) is 11.4 Å². The van der Waals surface area contributed by atoms with Crippen molar-refractivity contribution in [2.45, 2.75) is 63.8 Å². The fourth-order valence-corrected chi connectivity index (χ4v) is 5.87. The highest BCUT2D eigenvalue weighted by Gasteiger charge is 2.51. The van der Waals surface area contributed by atoms with Crippen LogP contribution in [0.5, 0.6) is 0 Å². The first-order valence-electron chi connectivity index (χ1n) is 9.07. The molecule has 3 heteroatoms. The molecule has 1 aromatic carbocycles. The molecule has 23 heavy (non-hydrogen) atoms. The molecule has 0 atom stereocenters. The lowest BCUT2D eigenvalue weighted by atomic mass is 9.53. The second-order valence-corrected chi connectivity index (χ2v) is 8.74. The molecular weight excluding hydrogens is 306 g/mol. The maximum atomic E-state index is 12.5. The molecule has 4 bridgehead atoms. The van der Waals surface area contributed by atoms with Crippen molar-refractivity contribution in [1.82, 2.24) is 5.32 Å². The Morgan fingerprint density at radius 2 is 1.78 bits per heavy atom. The van der Waals surface area contributed by atoms with Gasteiger partial charge in [-0.3, -0.25) is 4.79 Å². The summed E-state index contributed by atoms with van der Waals surface area (Å²) in [6.07, 6.45) is 9.26. The lowest BCUT2D eigenvalue weighted by Gasteiger charge is -2.56. The first-order chi connectivity index (χ1) is 11.0. The number of amides is 1. The van der Waals surface area contributed by atoms with E-state index in [0.717, 1.165) is 40.3 Å². The third-order valence-electron chi connectivity index (χ3n) is 6.32. The predicted molar refractivity (Wildman–Crippen MR) is 93.6 cm³/mol. The summed E-state index contributed by atoms with van der Waals surface area (Å²) >= 11 is 6.17. The van der Waals surface area contributed by atoms with Gasteiger partial charge in [-0.05, 0) is 86.8 Å². The van der Waals surface area contributed by atoms with Gasteiger partial charge in [-0.25, -0.2) is 0 Å². The SMILES string of the molecule is Cc1ccc(CCC(=O)NC23CC4CC(CC(C4)C2)C3)cc1Cl. The Labute approximate surface area is 144 Å². The minimum atomic E-state index is 0.136. The molecule has 0 aliphatic heterocycles. The van der Waals surface area contributed by atoms with Gasteiger partial charge in [0.25, 0.3) is 0 Å². The van der Waals surface area contributed by atoms with E-state index in [1.54, 1.807) is 0 Å². The Morgan fingerprint density at radius 1 is 1.17 bits per heavy atom. The summed E-state index contributed by atoms with van der Waals surface area (Å²) in [7, 11) is 0. The van der Waals surface area contributed by atoms with E-state index in [1.165, 1.54) is 38.5 Å². The smallest absolute Gasteiger partial charge is 0.220 e. The summed E-state index contributed by atoms with van der Waals surface area (Å²) in [5, 5.41) is 4.24. The third kappa shape index (κ3) is 3.15. The molecule has 1 aromatic rings. The van der Waals surface area contributed by atoms with E-state index < -0.39 is 0 Å². The number of halogens is 1. The number of nitrogens with one attached hydrogen (secondary N) is 1. The quantitative estimate of drug-likeness (QED) is 0.853. The van der Waals surface area contributed by atoms with Gasteiger partial charge in [-0.15, -0.1) is 0 Å². The third-order valence-corrected chi connectivity index (χ3v) is 6.73. The average Bonchev–Trinajstić information content (AvgIpc) is 2.46. The highest BCUT2D eigenvalue weighted by Crippen LogP contribution is 2.55. The van der Waals surface area contributed by atoms with Crippen LogP contribution in [0.4, 0.5) is 0 Å². The maximum absolute atomic E-state index is 12.5. The number of hydrogen-bond donors (Lipinski definition) is 1. The van der Waals surface area contributed by atoms with Gasteiger partial charge in [0.1, 0.15) is 0 Å². The molecule has 0 spiro atoms. The summed E-state index contributed by atoms with van der Waals surface area (Å²) in [5.74, 6) is 2.84. The topological polar surface area (TPSA) is 29.1 Å². The van der Waals surface area contributed by atoms with Crippen molar-refractivity contribution in [3.8, 4) is 0 Å². The minimum Gasteiger partial charge on any atom is -0.351 e. The van der Waals surface area contributed by atoms with Gasteiger partial charge in [0.2, 0.25) is 5.91 Å². The van der Waals surface area contributed by atoms with Crippen molar-refractivity contribution in [2.24, 2.45) is 17.8 Å². The van der Waals surface area contributed by atoms with E-state index in [0.29, 0.717) is 6.42 Å². The monoisotopic (exact) mass is 331 g/mol. The fraction of sp³-hybridized carbons (Fsp3) is 0.650. The van der Waals surface area contributed by atoms with Crippen LogP contribution in [-0.4, -0.2) is 11.4 Å². The van der Waals surface area contributed by atoms with Crippen LogP contribution in [0.2, 0.25) is 5.02 Å². The van der Waals surface area contributed by atoms with Gasteiger partial charge >= 0.3 is 0 Å². The molecule has 4 saturated carbocycles. The molecular formula is C20H26ClNO. The number of aryl methyl sites for hydroxylation is 2. The lowest BCUT2D eigenvalue weighted by Crippen LogP contribution is -2.59. The average molecular weight is 332 g/mol. The number of carbonyl (C=O) groups is 1. The van der Waals surface area contributed by atoms with Crippen molar-refractivity contribution in [2.75, 3.05) is 0 Å². The van der Waals surface area contributed by atoms with Crippen LogP contribution in [0, 0.1) is 24.7 Å². The molecule has 1 amide bonds. The second-order valence-electron chi connectivity index (χ2n) is 8.33. The molecule has 0 saturated heterocycles. The van der Waals surface area contributed by atoms with Crippen molar-refractivity contribution >= 4 is 17.5 Å². The molecule has 4 fully saturated rings. The summed E-state index contributed by atoms with van der Waals surface area (Å²) in [5.41, 5.74) is 2.38. The summed E-state index contributed by atoms with van der Waals surface area (Å²) in [6, 6.07) is 6.11. The Balaban J connectivity index is 1.36. The summed E-state index contributed by atoms with van der Waals surface area (Å²) in [6.45, 7) is 2.01. The molecule has 1 N–H and O–H groups in total. The zero-order valence-corrected chi connectivity index (χ0v) is 14.7. The van der Waals surface area contributed by atoms with Gasteiger partial charge in [0.15, 0.2) is 0 Å². The summed E-state index contributed by atoms with van der Waals surface area (Å²) in [4.78, 5) is 12.5.